The number of fused-ring (bicyclic) bond motifs is 1. The van der Waals surface area contributed by atoms with Crippen LogP contribution in [0.5, 0.6) is 0 Å². The van der Waals surface area contributed by atoms with Crippen molar-refractivity contribution in [2.45, 2.75) is 13.8 Å². The standard InChI is InChI=1S/C17H12N4O/c1-11-12(2)21-17-15(8-19-9-16(17)20-11)4-3-13-5-14(10-22)7-18-6-13/h5-10H,1-2H3. The zero-order valence-electron chi connectivity index (χ0n) is 12.2. The summed E-state index contributed by atoms with van der Waals surface area (Å²) in [5.74, 6) is 6.01. The second kappa shape index (κ2) is 5.70. The third-order valence-corrected chi connectivity index (χ3v) is 3.23. The van der Waals surface area contributed by atoms with E-state index in [4.69, 9.17) is 0 Å². The molecular formula is C17H12N4O. The highest BCUT2D eigenvalue weighted by Gasteiger charge is 2.05. The average molecular weight is 288 g/mol. The first-order valence-electron chi connectivity index (χ1n) is 6.68. The minimum absolute atomic E-state index is 0.495. The van der Waals surface area contributed by atoms with Gasteiger partial charge in [0.05, 0.1) is 23.1 Å². The van der Waals surface area contributed by atoms with Crippen molar-refractivity contribution in [3.05, 3.63) is 58.9 Å². The molecule has 0 saturated heterocycles. The number of hydrogen-bond acceptors (Lipinski definition) is 5. The molecule has 3 rings (SSSR count). The van der Waals surface area contributed by atoms with Crippen molar-refractivity contribution in [2.24, 2.45) is 0 Å². The molecule has 0 radical (unpaired) electrons. The Balaban J connectivity index is 2.10. The molecule has 0 aliphatic heterocycles. The summed E-state index contributed by atoms with van der Waals surface area (Å²) in [6.45, 7) is 3.83. The minimum Gasteiger partial charge on any atom is -0.298 e. The van der Waals surface area contributed by atoms with Crippen molar-refractivity contribution >= 4 is 17.3 Å². The molecule has 0 aliphatic rings. The summed E-state index contributed by atoms with van der Waals surface area (Å²) in [6.07, 6.45) is 7.19. The van der Waals surface area contributed by atoms with Gasteiger partial charge in [0.15, 0.2) is 6.29 Å². The van der Waals surface area contributed by atoms with Crippen LogP contribution in [0.1, 0.15) is 32.9 Å². The van der Waals surface area contributed by atoms with Crippen LogP contribution in [0.2, 0.25) is 0 Å². The molecule has 106 valence electrons. The van der Waals surface area contributed by atoms with Gasteiger partial charge in [-0.25, -0.2) is 9.97 Å². The summed E-state index contributed by atoms with van der Waals surface area (Å²) >= 11 is 0. The molecule has 0 fully saturated rings. The Labute approximate surface area is 127 Å². The molecule has 0 amide bonds. The van der Waals surface area contributed by atoms with E-state index < -0.39 is 0 Å². The second-order valence-corrected chi connectivity index (χ2v) is 4.82. The molecule has 0 aromatic carbocycles. The quantitative estimate of drug-likeness (QED) is 0.507. The Morgan fingerprint density at radius 1 is 0.955 bits per heavy atom. The van der Waals surface area contributed by atoms with Crippen molar-refractivity contribution in [3.63, 3.8) is 0 Å². The van der Waals surface area contributed by atoms with E-state index >= 15 is 0 Å². The minimum atomic E-state index is 0.495. The molecule has 0 bridgehead atoms. The van der Waals surface area contributed by atoms with Gasteiger partial charge in [0.25, 0.3) is 0 Å². The molecule has 0 spiro atoms. The van der Waals surface area contributed by atoms with Gasteiger partial charge in [0.2, 0.25) is 0 Å². The van der Waals surface area contributed by atoms with Gasteiger partial charge in [-0.15, -0.1) is 0 Å². The van der Waals surface area contributed by atoms with E-state index in [9.17, 15) is 4.79 Å². The van der Waals surface area contributed by atoms with E-state index in [1.54, 1.807) is 24.7 Å². The molecule has 3 aromatic rings. The predicted molar refractivity (Wildman–Crippen MR) is 82.4 cm³/mol. The van der Waals surface area contributed by atoms with Gasteiger partial charge < -0.3 is 0 Å². The largest absolute Gasteiger partial charge is 0.298 e. The van der Waals surface area contributed by atoms with Gasteiger partial charge in [-0.2, -0.15) is 0 Å². The summed E-state index contributed by atoms with van der Waals surface area (Å²) in [7, 11) is 0. The maximum Gasteiger partial charge on any atom is 0.151 e. The number of aromatic nitrogens is 4. The molecule has 0 atom stereocenters. The monoisotopic (exact) mass is 288 g/mol. The van der Waals surface area contributed by atoms with Gasteiger partial charge in [-0.1, -0.05) is 11.8 Å². The normalized spacial score (nSPS) is 10.1. The molecule has 22 heavy (non-hydrogen) atoms. The van der Waals surface area contributed by atoms with E-state index in [2.05, 4.69) is 31.8 Å². The van der Waals surface area contributed by atoms with Crippen LogP contribution in [0, 0.1) is 25.7 Å². The molecule has 5 nitrogen and oxygen atoms in total. The third-order valence-electron chi connectivity index (χ3n) is 3.23. The second-order valence-electron chi connectivity index (χ2n) is 4.82. The average Bonchev–Trinajstić information content (AvgIpc) is 2.54. The van der Waals surface area contributed by atoms with Crippen molar-refractivity contribution < 1.29 is 4.79 Å². The lowest BCUT2D eigenvalue weighted by Crippen LogP contribution is -1.96. The zero-order valence-corrected chi connectivity index (χ0v) is 12.2. The zero-order chi connectivity index (χ0) is 15.5. The third kappa shape index (κ3) is 2.67. The van der Waals surface area contributed by atoms with Crippen LogP contribution in [-0.4, -0.2) is 26.2 Å². The topological polar surface area (TPSA) is 68.6 Å². The lowest BCUT2D eigenvalue weighted by molar-refractivity contribution is 0.112. The molecule has 0 unspecified atom stereocenters. The lowest BCUT2D eigenvalue weighted by atomic mass is 10.2. The molecule has 5 heteroatoms. The van der Waals surface area contributed by atoms with E-state index in [1.807, 2.05) is 13.8 Å². The number of pyridine rings is 2. The molecule has 3 aromatic heterocycles. The van der Waals surface area contributed by atoms with E-state index in [1.165, 1.54) is 6.20 Å². The lowest BCUT2D eigenvalue weighted by Gasteiger charge is -2.03. The summed E-state index contributed by atoms with van der Waals surface area (Å²) < 4.78 is 0. The molecule has 0 aliphatic carbocycles. The number of carbonyl (C=O) groups excluding carboxylic acids is 1. The number of aldehydes is 1. The van der Waals surface area contributed by atoms with Crippen molar-refractivity contribution in [2.75, 3.05) is 0 Å². The number of rotatable bonds is 1. The SMILES string of the molecule is Cc1nc2cncc(C#Cc3cncc(C=O)c3)c2nc1C. The fraction of sp³-hybridized carbons (Fsp3) is 0.118. The van der Waals surface area contributed by atoms with Crippen molar-refractivity contribution in [1.29, 1.82) is 0 Å². The van der Waals surface area contributed by atoms with Gasteiger partial charge in [-0.05, 0) is 19.9 Å². The Morgan fingerprint density at radius 2 is 1.73 bits per heavy atom. The molecule has 0 saturated carbocycles. The van der Waals surface area contributed by atoms with E-state index in [-0.39, 0.29) is 0 Å². The number of aryl methyl sites for hydroxylation is 2. The van der Waals surface area contributed by atoms with Crippen molar-refractivity contribution in [1.82, 2.24) is 19.9 Å². The van der Waals surface area contributed by atoms with Crippen LogP contribution in [0.25, 0.3) is 11.0 Å². The summed E-state index contributed by atoms with van der Waals surface area (Å²) in [5, 5.41) is 0. The van der Waals surface area contributed by atoms with E-state index in [0.29, 0.717) is 16.7 Å². The number of hydrogen-bond donors (Lipinski definition) is 0. The molecule has 3 heterocycles. The predicted octanol–water partition coefficient (Wildman–Crippen LogP) is 2.25. The highest BCUT2D eigenvalue weighted by molar-refractivity contribution is 5.80. The molecular weight excluding hydrogens is 276 g/mol. The van der Waals surface area contributed by atoms with Gasteiger partial charge >= 0.3 is 0 Å². The van der Waals surface area contributed by atoms with Gasteiger partial charge in [-0.3, -0.25) is 14.8 Å². The van der Waals surface area contributed by atoms with Crippen LogP contribution in [0.4, 0.5) is 0 Å². The maximum atomic E-state index is 10.8. The summed E-state index contributed by atoms with van der Waals surface area (Å²) in [5.41, 5.74) is 5.05. The van der Waals surface area contributed by atoms with Crippen molar-refractivity contribution in [3.8, 4) is 11.8 Å². The highest BCUT2D eigenvalue weighted by Crippen LogP contribution is 2.14. The number of carbonyl (C=O) groups is 1. The van der Waals surface area contributed by atoms with Gasteiger partial charge in [0, 0.05) is 29.7 Å². The van der Waals surface area contributed by atoms with Crippen LogP contribution >= 0.6 is 0 Å². The Morgan fingerprint density at radius 3 is 2.55 bits per heavy atom. The number of nitrogens with zero attached hydrogens (tertiary/aromatic N) is 4. The maximum absolute atomic E-state index is 10.8. The Bertz CT molecular complexity index is 938. The fourth-order valence-electron chi connectivity index (χ4n) is 1.97. The smallest absolute Gasteiger partial charge is 0.151 e. The van der Waals surface area contributed by atoms with Crippen LogP contribution in [0.15, 0.2) is 30.9 Å². The van der Waals surface area contributed by atoms with Crippen LogP contribution < -0.4 is 0 Å². The van der Waals surface area contributed by atoms with Gasteiger partial charge in [0.1, 0.15) is 11.0 Å². The van der Waals surface area contributed by atoms with Crippen LogP contribution in [0.3, 0.4) is 0 Å². The fourth-order valence-corrected chi connectivity index (χ4v) is 1.97. The first-order valence-corrected chi connectivity index (χ1v) is 6.68. The van der Waals surface area contributed by atoms with E-state index in [0.717, 1.165) is 28.7 Å². The Kier molecular flexibility index (Phi) is 3.58. The summed E-state index contributed by atoms with van der Waals surface area (Å²) in [6, 6.07) is 1.69. The first kappa shape index (κ1) is 13.8. The summed E-state index contributed by atoms with van der Waals surface area (Å²) in [4.78, 5) is 27.9. The molecule has 0 N–H and O–H groups in total. The Hall–Kier alpha value is -3.13. The first-order chi connectivity index (χ1) is 10.7. The highest BCUT2D eigenvalue weighted by atomic mass is 16.1. The van der Waals surface area contributed by atoms with Crippen LogP contribution in [-0.2, 0) is 0 Å².